The van der Waals surface area contributed by atoms with Crippen molar-refractivity contribution < 1.29 is 9.50 Å². The first-order valence-electron chi connectivity index (χ1n) is 3.34. The van der Waals surface area contributed by atoms with Crippen molar-refractivity contribution in [3.8, 4) is 0 Å². The van der Waals surface area contributed by atoms with Crippen molar-refractivity contribution in [2.75, 3.05) is 6.61 Å². The topological polar surface area (TPSA) is 32.6 Å². The molecule has 1 N–H and O–H groups in total. The van der Waals surface area contributed by atoms with Crippen LogP contribution in [0.1, 0.15) is 13.8 Å². The molecule has 0 spiro atoms. The molecule has 0 aliphatic heterocycles. The van der Waals surface area contributed by atoms with Gasteiger partial charge in [0.25, 0.3) is 0 Å². The molecule has 0 saturated carbocycles. The van der Waals surface area contributed by atoms with E-state index in [1.165, 1.54) is 6.92 Å². The fraction of sp³-hybridized carbons (Fsp3) is 0.375. The molecule has 4 heteroatoms. The molecule has 0 heterocycles. The van der Waals surface area contributed by atoms with Gasteiger partial charge in [-0.3, -0.25) is 4.99 Å². The van der Waals surface area contributed by atoms with Crippen molar-refractivity contribution in [2.24, 2.45) is 4.99 Å². The van der Waals surface area contributed by atoms with E-state index in [9.17, 15) is 4.39 Å². The van der Waals surface area contributed by atoms with Gasteiger partial charge in [0.15, 0.2) is 0 Å². The molecule has 0 aliphatic rings. The van der Waals surface area contributed by atoms with E-state index in [2.05, 4.69) is 11.7 Å². The molecule has 0 aromatic heterocycles. The third-order valence-corrected chi connectivity index (χ3v) is 1.89. The minimum atomic E-state index is -0.538. The van der Waals surface area contributed by atoms with Crippen LogP contribution in [0.2, 0.25) is 0 Å². The normalized spacial score (nSPS) is 15.1. The zero-order valence-electron chi connectivity index (χ0n) is 7.06. The number of allylic oxidation sites excluding steroid dienone is 2. The maximum atomic E-state index is 12.6. The summed E-state index contributed by atoms with van der Waals surface area (Å²) in [4.78, 5) is 3.55. The molecule has 68 valence electrons. The van der Waals surface area contributed by atoms with Crippen LogP contribution in [-0.4, -0.2) is 18.4 Å². The molecular formula is C8H11ClFNO. The summed E-state index contributed by atoms with van der Waals surface area (Å²) in [5, 5.41) is 8.72. The van der Waals surface area contributed by atoms with Crippen LogP contribution in [0.4, 0.5) is 4.39 Å². The lowest BCUT2D eigenvalue weighted by molar-refractivity contribution is 0.332. The smallest absolute Gasteiger partial charge is 0.116 e. The van der Waals surface area contributed by atoms with Crippen molar-refractivity contribution in [1.29, 1.82) is 0 Å². The summed E-state index contributed by atoms with van der Waals surface area (Å²) in [6.45, 7) is 5.72. The van der Waals surface area contributed by atoms with E-state index >= 15 is 0 Å². The minimum Gasteiger partial charge on any atom is -0.392 e. The van der Waals surface area contributed by atoms with Gasteiger partial charge in [-0.05, 0) is 20.6 Å². The summed E-state index contributed by atoms with van der Waals surface area (Å²) in [5.74, 6) is -0.538. The molecular weight excluding hydrogens is 181 g/mol. The van der Waals surface area contributed by atoms with Gasteiger partial charge in [-0.15, -0.1) is 0 Å². The van der Waals surface area contributed by atoms with E-state index in [0.717, 1.165) is 0 Å². The van der Waals surface area contributed by atoms with Crippen LogP contribution in [0.25, 0.3) is 0 Å². The van der Waals surface area contributed by atoms with E-state index in [1.54, 1.807) is 6.92 Å². The maximum Gasteiger partial charge on any atom is 0.116 e. The van der Waals surface area contributed by atoms with Crippen LogP contribution in [0, 0.1) is 0 Å². The highest BCUT2D eigenvalue weighted by atomic mass is 35.5. The molecule has 0 saturated heterocycles. The quantitative estimate of drug-likeness (QED) is 0.539. The zero-order valence-corrected chi connectivity index (χ0v) is 7.82. The Balaban J connectivity index is 5.06. The van der Waals surface area contributed by atoms with Crippen molar-refractivity contribution in [1.82, 2.24) is 0 Å². The highest BCUT2D eigenvalue weighted by molar-refractivity contribution is 6.32. The fourth-order valence-electron chi connectivity index (χ4n) is 0.646. The second kappa shape index (κ2) is 5.06. The SMILES string of the molecule is C=N/C(C)=C(CO)\C(Cl)=C(/C)F. The molecule has 0 aliphatic carbocycles. The lowest BCUT2D eigenvalue weighted by Gasteiger charge is -2.04. The maximum absolute atomic E-state index is 12.6. The Bertz CT molecular complexity index is 236. The second-order valence-electron chi connectivity index (χ2n) is 2.23. The Morgan fingerprint density at radius 2 is 2.08 bits per heavy atom. The first kappa shape index (κ1) is 11.3. The highest BCUT2D eigenvalue weighted by Gasteiger charge is 2.08. The number of aliphatic hydroxyl groups is 1. The Morgan fingerprint density at radius 1 is 1.58 bits per heavy atom. The number of rotatable bonds is 3. The van der Waals surface area contributed by atoms with Gasteiger partial charge in [-0.25, -0.2) is 4.39 Å². The Kier molecular flexibility index (Phi) is 4.78. The molecule has 0 atom stereocenters. The first-order chi connectivity index (χ1) is 5.54. The summed E-state index contributed by atoms with van der Waals surface area (Å²) < 4.78 is 12.6. The molecule has 2 nitrogen and oxygen atoms in total. The van der Waals surface area contributed by atoms with Gasteiger partial charge in [0, 0.05) is 11.3 Å². The number of aliphatic imine (C=N–C) groups is 1. The fourth-order valence-corrected chi connectivity index (χ4v) is 0.843. The van der Waals surface area contributed by atoms with Crippen LogP contribution in [0.3, 0.4) is 0 Å². The van der Waals surface area contributed by atoms with Gasteiger partial charge in [0.1, 0.15) is 5.83 Å². The first-order valence-corrected chi connectivity index (χ1v) is 3.72. The van der Waals surface area contributed by atoms with E-state index in [-0.39, 0.29) is 17.2 Å². The lowest BCUT2D eigenvalue weighted by Crippen LogP contribution is -1.95. The van der Waals surface area contributed by atoms with Crippen LogP contribution < -0.4 is 0 Å². The van der Waals surface area contributed by atoms with E-state index in [1.807, 2.05) is 0 Å². The van der Waals surface area contributed by atoms with Crippen LogP contribution >= 0.6 is 11.6 Å². The third-order valence-electron chi connectivity index (χ3n) is 1.40. The van der Waals surface area contributed by atoms with Crippen molar-refractivity contribution in [3.63, 3.8) is 0 Å². The molecule has 0 radical (unpaired) electrons. The summed E-state index contributed by atoms with van der Waals surface area (Å²) in [6, 6.07) is 0. The predicted octanol–water partition coefficient (Wildman–Crippen LogP) is 2.39. The average molecular weight is 192 g/mol. The minimum absolute atomic E-state index is 0.0950. The van der Waals surface area contributed by atoms with Crippen molar-refractivity contribution in [3.05, 3.63) is 22.1 Å². The molecule has 0 amide bonds. The van der Waals surface area contributed by atoms with E-state index < -0.39 is 5.83 Å². The monoisotopic (exact) mass is 191 g/mol. The largest absolute Gasteiger partial charge is 0.392 e. The number of hydrogen-bond donors (Lipinski definition) is 1. The highest BCUT2D eigenvalue weighted by Crippen LogP contribution is 2.22. The number of nitrogens with zero attached hydrogens (tertiary/aromatic N) is 1. The molecule has 0 fully saturated rings. The Labute approximate surface area is 76.1 Å². The van der Waals surface area contributed by atoms with Gasteiger partial charge in [0.2, 0.25) is 0 Å². The number of aliphatic hydroxyl groups excluding tert-OH is 1. The van der Waals surface area contributed by atoms with Crippen LogP contribution in [0.5, 0.6) is 0 Å². The van der Waals surface area contributed by atoms with Crippen molar-refractivity contribution >= 4 is 18.3 Å². The Hall–Kier alpha value is -0.670. The summed E-state index contributed by atoms with van der Waals surface area (Å²) in [5.41, 5.74) is 0.700. The van der Waals surface area contributed by atoms with Crippen LogP contribution in [-0.2, 0) is 0 Å². The van der Waals surface area contributed by atoms with Crippen molar-refractivity contribution in [2.45, 2.75) is 13.8 Å². The number of hydrogen-bond acceptors (Lipinski definition) is 2. The average Bonchev–Trinajstić information content (AvgIpc) is 2.05. The second-order valence-corrected chi connectivity index (χ2v) is 2.61. The lowest BCUT2D eigenvalue weighted by atomic mass is 10.2. The molecule has 0 rings (SSSR count). The van der Waals surface area contributed by atoms with Gasteiger partial charge in [-0.2, -0.15) is 0 Å². The van der Waals surface area contributed by atoms with Gasteiger partial charge < -0.3 is 5.11 Å². The predicted molar refractivity (Wildman–Crippen MR) is 49.0 cm³/mol. The standard InChI is InChI=1S/C8H11ClFNO/c1-5(10)8(9)7(4-12)6(2)11-3/h12H,3-4H2,1-2H3/b7-6-,8-5-. The van der Waals surface area contributed by atoms with E-state index in [0.29, 0.717) is 5.70 Å². The van der Waals surface area contributed by atoms with E-state index in [4.69, 9.17) is 16.7 Å². The summed E-state index contributed by atoms with van der Waals surface area (Å²) >= 11 is 5.55. The molecule has 0 aromatic rings. The van der Waals surface area contributed by atoms with Gasteiger partial charge in [0.05, 0.1) is 11.6 Å². The van der Waals surface area contributed by atoms with Crippen LogP contribution in [0.15, 0.2) is 27.1 Å². The van der Waals surface area contributed by atoms with Gasteiger partial charge in [-0.1, -0.05) is 11.6 Å². The molecule has 0 bridgehead atoms. The Morgan fingerprint density at radius 3 is 2.33 bits per heavy atom. The summed E-state index contributed by atoms with van der Waals surface area (Å²) in [7, 11) is 0. The molecule has 12 heavy (non-hydrogen) atoms. The summed E-state index contributed by atoms with van der Waals surface area (Å²) in [6.07, 6.45) is 0. The molecule has 0 aromatic carbocycles. The third kappa shape index (κ3) is 2.75. The zero-order chi connectivity index (χ0) is 9.72. The molecule has 0 unspecified atom stereocenters. The van der Waals surface area contributed by atoms with Gasteiger partial charge >= 0.3 is 0 Å². The number of halogens is 2.